The molecule has 2 nitrogen and oxygen atoms in total. The molecule has 0 aromatic carbocycles. The number of amides is 1. The molecule has 0 spiro atoms. The molecular weight excluding hydrogens is 222 g/mol. The Morgan fingerprint density at radius 1 is 0.722 bits per heavy atom. The van der Waals surface area contributed by atoms with Gasteiger partial charge in [0, 0.05) is 20.0 Å². The second-order valence-corrected chi connectivity index (χ2v) is 5.33. The van der Waals surface area contributed by atoms with E-state index in [1.807, 2.05) is 4.90 Å². The summed E-state index contributed by atoms with van der Waals surface area (Å²) >= 11 is 0. The van der Waals surface area contributed by atoms with Gasteiger partial charge in [-0.05, 0) is 12.8 Å². The van der Waals surface area contributed by atoms with E-state index < -0.39 is 0 Å². The minimum absolute atomic E-state index is 0.251. The van der Waals surface area contributed by atoms with Crippen LogP contribution in [0.2, 0.25) is 0 Å². The molecule has 0 aromatic rings. The van der Waals surface area contributed by atoms with Crippen LogP contribution >= 0.6 is 0 Å². The maximum Gasteiger partial charge on any atom is 0.219 e. The van der Waals surface area contributed by atoms with Crippen LogP contribution < -0.4 is 0 Å². The van der Waals surface area contributed by atoms with Crippen LogP contribution in [0.15, 0.2) is 0 Å². The van der Waals surface area contributed by atoms with Crippen molar-refractivity contribution < 1.29 is 4.79 Å². The molecule has 18 heavy (non-hydrogen) atoms. The van der Waals surface area contributed by atoms with Gasteiger partial charge in [0.25, 0.3) is 0 Å². The van der Waals surface area contributed by atoms with E-state index in [2.05, 4.69) is 13.8 Å². The lowest BCUT2D eigenvalue weighted by Crippen LogP contribution is -2.30. The van der Waals surface area contributed by atoms with Gasteiger partial charge in [-0.25, -0.2) is 0 Å². The van der Waals surface area contributed by atoms with Crippen LogP contribution in [0.4, 0.5) is 0 Å². The van der Waals surface area contributed by atoms with Crippen molar-refractivity contribution in [1.29, 1.82) is 0 Å². The highest BCUT2D eigenvalue weighted by molar-refractivity contribution is 5.73. The van der Waals surface area contributed by atoms with Crippen LogP contribution in [0.5, 0.6) is 0 Å². The van der Waals surface area contributed by atoms with E-state index in [-0.39, 0.29) is 5.91 Å². The molecule has 0 aliphatic heterocycles. The first-order chi connectivity index (χ1) is 8.72. The predicted molar refractivity (Wildman–Crippen MR) is 79.8 cm³/mol. The molecule has 0 heterocycles. The average molecular weight is 255 g/mol. The summed E-state index contributed by atoms with van der Waals surface area (Å²) in [5.41, 5.74) is 0. The molecule has 0 unspecified atom stereocenters. The Balaban J connectivity index is 3.56. The predicted octanol–water partition coefficient (Wildman–Crippen LogP) is 4.78. The van der Waals surface area contributed by atoms with Crippen molar-refractivity contribution in [2.45, 2.75) is 85.0 Å². The van der Waals surface area contributed by atoms with Gasteiger partial charge in [0.15, 0.2) is 0 Å². The van der Waals surface area contributed by atoms with Gasteiger partial charge in [-0.1, -0.05) is 65.2 Å². The maximum atomic E-state index is 11.5. The second-order valence-electron chi connectivity index (χ2n) is 5.33. The third-order valence-corrected chi connectivity index (χ3v) is 3.51. The fraction of sp³-hybridized carbons (Fsp3) is 0.938. The Morgan fingerprint density at radius 2 is 1.11 bits per heavy atom. The molecule has 0 saturated carbocycles. The van der Waals surface area contributed by atoms with E-state index in [9.17, 15) is 4.79 Å². The van der Waals surface area contributed by atoms with Crippen molar-refractivity contribution in [2.24, 2.45) is 0 Å². The molecule has 1 amide bonds. The van der Waals surface area contributed by atoms with Crippen LogP contribution in [0.25, 0.3) is 0 Å². The highest BCUT2D eigenvalue weighted by atomic mass is 16.2. The van der Waals surface area contributed by atoms with Crippen LogP contribution in [0.3, 0.4) is 0 Å². The number of carbonyl (C=O) groups is 1. The smallest absolute Gasteiger partial charge is 0.219 e. The van der Waals surface area contributed by atoms with Crippen LogP contribution in [-0.2, 0) is 4.79 Å². The van der Waals surface area contributed by atoms with E-state index >= 15 is 0 Å². The number of hydrogen-bond acceptors (Lipinski definition) is 1. The summed E-state index contributed by atoms with van der Waals surface area (Å²) < 4.78 is 0. The molecule has 0 aromatic heterocycles. The van der Waals surface area contributed by atoms with Crippen molar-refractivity contribution in [2.75, 3.05) is 13.1 Å². The van der Waals surface area contributed by atoms with Crippen LogP contribution in [0.1, 0.15) is 85.0 Å². The SMILES string of the molecule is CCCCCCCN(CCCCCCC)C(C)=O. The summed E-state index contributed by atoms with van der Waals surface area (Å²) in [6, 6.07) is 0. The Hall–Kier alpha value is -0.530. The van der Waals surface area contributed by atoms with Crippen LogP contribution in [0, 0.1) is 0 Å². The van der Waals surface area contributed by atoms with Gasteiger partial charge >= 0.3 is 0 Å². The van der Waals surface area contributed by atoms with Crippen molar-refractivity contribution in [3.8, 4) is 0 Å². The average Bonchev–Trinajstić information content (AvgIpc) is 2.35. The molecule has 0 saturated heterocycles. The minimum Gasteiger partial charge on any atom is -0.343 e. The van der Waals surface area contributed by atoms with Gasteiger partial charge in [0.05, 0.1) is 0 Å². The van der Waals surface area contributed by atoms with Gasteiger partial charge in [-0.15, -0.1) is 0 Å². The van der Waals surface area contributed by atoms with Crippen molar-refractivity contribution in [3.63, 3.8) is 0 Å². The summed E-state index contributed by atoms with van der Waals surface area (Å²) in [4.78, 5) is 13.5. The lowest BCUT2D eigenvalue weighted by molar-refractivity contribution is -0.129. The Kier molecular flexibility index (Phi) is 12.5. The van der Waals surface area contributed by atoms with E-state index in [0.29, 0.717) is 0 Å². The molecule has 0 aliphatic carbocycles. The molecular formula is C16H33NO. The van der Waals surface area contributed by atoms with Gasteiger partial charge in [0.1, 0.15) is 0 Å². The molecule has 0 aliphatic rings. The molecule has 0 radical (unpaired) electrons. The van der Waals surface area contributed by atoms with E-state index in [0.717, 1.165) is 13.1 Å². The summed E-state index contributed by atoms with van der Waals surface area (Å²) in [5.74, 6) is 0.251. The zero-order valence-corrected chi connectivity index (χ0v) is 12.8. The van der Waals surface area contributed by atoms with Gasteiger partial charge in [-0.3, -0.25) is 4.79 Å². The first kappa shape index (κ1) is 17.5. The lowest BCUT2D eigenvalue weighted by atomic mass is 10.1. The number of hydrogen-bond donors (Lipinski definition) is 0. The van der Waals surface area contributed by atoms with Crippen molar-refractivity contribution in [3.05, 3.63) is 0 Å². The first-order valence-corrected chi connectivity index (χ1v) is 7.97. The number of rotatable bonds is 12. The third kappa shape index (κ3) is 10.6. The van der Waals surface area contributed by atoms with E-state index in [1.54, 1.807) is 6.92 Å². The Morgan fingerprint density at radius 3 is 1.44 bits per heavy atom. The summed E-state index contributed by atoms with van der Waals surface area (Å²) in [6.07, 6.45) is 12.8. The highest BCUT2D eigenvalue weighted by Gasteiger charge is 2.07. The summed E-state index contributed by atoms with van der Waals surface area (Å²) in [5, 5.41) is 0. The van der Waals surface area contributed by atoms with Crippen LogP contribution in [-0.4, -0.2) is 23.9 Å². The summed E-state index contributed by atoms with van der Waals surface area (Å²) in [7, 11) is 0. The monoisotopic (exact) mass is 255 g/mol. The van der Waals surface area contributed by atoms with Crippen molar-refractivity contribution >= 4 is 5.91 Å². The van der Waals surface area contributed by atoms with Gasteiger partial charge in [0.2, 0.25) is 5.91 Å². The molecule has 0 atom stereocenters. The van der Waals surface area contributed by atoms with Gasteiger partial charge in [-0.2, -0.15) is 0 Å². The zero-order chi connectivity index (χ0) is 13.6. The van der Waals surface area contributed by atoms with E-state index in [4.69, 9.17) is 0 Å². The number of carbonyl (C=O) groups excluding carboxylic acids is 1. The maximum absolute atomic E-state index is 11.5. The number of nitrogens with zero attached hydrogens (tertiary/aromatic N) is 1. The fourth-order valence-corrected chi connectivity index (χ4v) is 2.24. The highest BCUT2D eigenvalue weighted by Crippen LogP contribution is 2.07. The van der Waals surface area contributed by atoms with Crippen molar-refractivity contribution in [1.82, 2.24) is 4.90 Å². The normalized spacial score (nSPS) is 10.6. The second kappa shape index (κ2) is 12.9. The zero-order valence-electron chi connectivity index (χ0n) is 12.8. The molecule has 0 rings (SSSR count). The lowest BCUT2D eigenvalue weighted by Gasteiger charge is -2.21. The minimum atomic E-state index is 0.251. The number of unbranched alkanes of at least 4 members (excludes halogenated alkanes) is 8. The fourth-order valence-electron chi connectivity index (χ4n) is 2.24. The summed E-state index contributed by atoms with van der Waals surface area (Å²) in [6.45, 7) is 8.11. The standard InChI is InChI=1S/C16H33NO/c1-4-6-8-10-12-14-17(16(3)18)15-13-11-9-7-5-2/h4-15H2,1-3H3. The third-order valence-electron chi connectivity index (χ3n) is 3.51. The molecule has 0 N–H and O–H groups in total. The van der Waals surface area contributed by atoms with Gasteiger partial charge < -0.3 is 4.90 Å². The topological polar surface area (TPSA) is 20.3 Å². The van der Waals surface area contributed by atoms with E-state index in [1.165, 1.54) is 64.2 Å². The molecule has 0 bridgehead atoms. The molecule has 108 valence electrons. The molecule has 0 fully saturated rings. The largest absolute Gasteiger partial charge is 0.343 e. The Bertz CT molecular complexity index is 178. The molecule has 2 heteroatoms. The first-order valence-electron chi connectivity index (χ1n) is 7.97. The quantitative estimate of drug-likeness (QED) is 0.460. The Labute approximate surface area is 114 Å².